The molecular formula is C16H17BrFN. The van der Waals surface area contributed by atoms with Gasteiger partial charge in [-0.25, -0.2) is 4.39 Å². The van der Waals surface area contributed by atoms with Crippen LogP contribution < -0.4 is 5.32 Å². The number of benzene rings is 2. The van der Waals surface area contributed by atoms with Crippen molar-refractivity contribution in [3.63, 3.8) is 0 Å². The summed E-state index contributed by atoms with van der Waals surface area (Å²) in [6.45, 7) is 5.09. The second kappa shape index (κ2) is 6.20. The highest BCUT2D eigenvalue weighted by atomic mass is 79.9. The van der Waals surface area contributed by atoms with Crippen LogP contribution in [0.5, 0.6) is 0 Å². The first-order valence-electron chi connectivity index (χ1n) is 6.34. The molecule has 2 rings (SSSR count). The molecule has 0 unspecified atom stereocenters. The van der Waals surface area contributed by atoms with Gasteiger partial charge < -0.3 is 5.32 Å². The molecule has 100 valence electrons. The van der Waals surface area contributed by atoms with Crippen molar-refractivity contribution in [3.8, 4) is 0 Å². The molecule has 1 nitrogen and oxygen atoms in total. The van der Waals surface area contributed by atoms with Gasteiger partial charge in [0.15, 0.2) is 0 Å². The predicted molar refractivity (Wildman–Crippen MR) is 82.0 cm³/mol. The van der Waals surface area contributed by atoms with E-state index in [1.54, 1.807) is 6.07 Å². The smallest absolute Gasteiger partial charge is 0.124 e. The van der Waals surface area contributed by atoms with Gasteiger partial charge in [0.25, 0.3) is 0 Å². The summed E-state index contributed by atoms with van der Waals surface area (Å²) >= 11 is 3.35. The Labute approximate surface area is 122 Å². The maximum Gasteiger partial charge on any atom is 0.124 e. The summed E-state index contributed by atoms with van der Waals surface area (Å²) in [4.78, 5) is 0. The zero-order valence-corrected chi connectivity index (χ0v) is 12.7. The van der Waals surface area contributed by atoms with Gasteiger partial charge in [-0.05, 0) is 51.2 Å². The summed E-state index contributed by atoms with van der Waals surface area (Å²) in [6, 6.07) is 13.2. The Hall–Kier alpha value is -1.35. The van der Waals surface area contributed by atoms with Crippen LogP contribution in [-0.2, 0) is 6.54 Å². The highest BCUT2D eigenvalue weighted by Crippen LogP contribution is 2.24. The first kappa shape index (κ1) is 14.1. The van der Waals surface area contributed by atoms with E-state index in [9.17, 15) is 4.39 Å². The van der Waals surface area contributed by atoms with Crippen LogP contribution in [-0.4, -0.2) is 0 Å². The molecule has 2 aromatic rings. The molecule has 0 aliphatic heterocycles. The Morgan fingerprint density at radius 1 is 1.11 bits per heavy atom. The van der Waals surface area contributed by atoms with E-state index in [0.29, 0.717) is 5.92 Å². The van der Waals surface area contributed by atoms with Gasteiger partial charge in [-0.3, -0.25) is 0 Å². The highest BCUT2D eigenvalue weighted by molar-refractivity contribution is 9.10. The van der Waals surface area contributed by atoms with Crippen LogP contribution in [0.1, 0.15) is 30.9 Å². The molecule has 0 radical (unpaired) electrons. The molecule has 0 heterocycles. The molecule has 0 amide bonds. The van der Waals surface area contributed by atoms with Crippen molar-refractivity contribution in [1.82, 2.24) is 0 Å². The predicted octanol–water partition coefficient (Wildman–Crippen LogP) is 5.32. The quantitative estimate of drug-likeness (QED) is 0.803. The molecule has 1 N–H and O–H groups in total. The average molecular weight is 322 g/mol. The standard InChI is InChI=1S/C16H17BrFN/c1-11(2)13-5-3-12(4-6-13)10-19-16-8-7-14(18)9-15(16)17/h3-9,11,19H,10H2,1-2H3. The minimum absolute atomic E-state index is 0.237. The molecule has 0 aliphatic rings. The largest absolute Gasteiger partial charge is 0.380 e. The zero-order chi connectivity index (χ0) is 13.8. The topological polar surface area (TPSA) is 12.0 Å². The molecule has 0 fully saturated rings. The molecule has 0 aliphatic carbocycles. The zero-order valence-electron chi connectivity index (χ0n) is 11.1. The third-order valence-corrected chi connectivity index (χ3v) is 3.72. The summed E-state index contributed by atoms with van der Waals surface area (Å²) in [7, 11) is 0. The van der Waals surface area contributed by atoms with E-state index in [-0.39, 0.29) is 5.82 Å². The van der Waals surface area contributed by atoms with Crippen LogP contribution in [0.3, 0.4) is 0 Å². The molecule has 0 bridgehead atoms. The first-order chi connectivity index (χ1) is 9.06. The van der Waals surface area contributed by atoms with Gasteiger partial charge in [0.05, 0.1) is 0 Å². The fourth-order valence-electron chi connectivity index (χ4n) is 1.85. The minimum Gasteiger partial charge on any atom is -0.380 e. The Morgan fingerprint density at radius 3 is 2.37 bits per heavy atom. The van der Waals surface area contributed by atoms with Crippen molar-refractivity contribution in [1.29, 1.82) is 0 Å². The van der Waals surface area contributed by atoms with Crippen LogP contribution in [0.25, 0.3) is 0 Å². The lowest BCUT2D eigenvalue weighted by Gasteiger charge is -2.10. The van der Waals surface area contributed by atoms with Crippen molar-refractivity contribution in [2.75, 3.05) is 5.32 Å². The van der Waals surface area contributed by atoms with Crippen LogP contribution in [0.2, 0.25) is 0 Å². The van der Waals surface area contributed by atoms with Crippen molar-refractivity contribution < 1.29 is 4.39 Å². The summed E-state index contributed by atoms with van der Waals surface area (Å²) in [5.41, 5.74) is 3.45. The molecule has 0 atom stereocenters. The summed E-state index contributed by atoms with van der Waals surface area (Å²) in [5.74, 6) is 0.312. The number of rotatable bonds is 4. The van der Waals surface area contributed by atoms with Crippen LogP contribution in [0.15, 0.2) is 46.9 Å². The lowest BCUT2D eigenvalue weighted by Crippen LogP contribution is -2.00. The molecule has 0 spiro atoms. The fourth-order valence-corrected chi connectivity index (χ4v) is 2.34. The first-order valence-corrected chi connectivity index (χ1v) is 7.13. The Kier molecular flexibility index (Phi) is 4.59. The molecule has 19 heavy (non-hydrogen) atoms. The number of nitrogens with one attached hydrogen (secondary N) is 1. The number of hydrogen-bond acceptors (Lipinski definition) is 1. The monoisotopic (exact) mass is 321 g/mol. The lowest BCUT2D eigenvalue weighted by molar-refractivity contribution is 0.627. The van der Waals surface area contributed by atoms with Crippen molar-refractivity contribution >= 4 is 21.6 Å². The highest BCUT2D eigenvalue weighted by Gasteiger charge is 2.02. The number of halogens is 2. The Bertz CT molecular complexity index is 549. The average Bonchev–Trinajstić information content (AvgIpc) is 2.38. The second-order valence-corrected chi connectivity index (χ2v) is 5.73. The Balaban J connectivity index is 2.02. The fraction of sp³-hybridized carbons (Fsp3) is 0.250. The van der Waals surface area contributed by atoms with Gasteiger partial charge in [0.1, 0.15) is 5.82 Å². The molecule has 0 saturated heterocycles. The third kappa shape index (κ3) is 3.80. The molecule has 0 saturated carbocycles. The van der Waals surface area contributed by atoms with Gasteiger partial charge in [-0.15, -0.1) is 0 Å². The van der Waals surface area contributed by atoms with Crippen LogP contribution >= 0.6 is 15.9 Å². The molecular weight excluding hydrogens is 305 g/mol. The van der Waals surface area contributed by atoms with E-state index in [2.05, 4.69) is 59.4 Å². The van der Waals surface area contributed by atoms with Crippen molar-refractivity contribution in [2.45, 2.75) is 26.3 Å². The van der Waals surface area contributed by atoms with Crippen molar-refractivity contribution in [3.05, 3.63) is 63.9 Å². The number of hydrogen-bond donors (Lipinski definition) is 1. The van der Waals surface area contributed by atoms with E-state index in [4.69, 9.17) is 0 Å². The SMILES string of the molecule is CC(C)c1ccc(CNc2ccc(F)cc2Br)cc1. The van der Waals surface area contributed by atoms with E-state index in [0.717, 1.165) is 16.7 Å². The van der Waals surface area contributed by atoms with Crippen LogP contribution in [0.4, 0.5) is 10.1 Å². The number of anilines is 1. The van der Waals surface area contributed by atoms with Crippen LogP contribution in [0, 0.1) is 5.82 Å². The van der Waals surface area contributed by atoms with Crippen molar-refractivity contribution in [2.24, 2.45) is 0 Å². The summed E-state index contributed by atoms with van der Waals surface area (Å²) < 4.78 is 13.7. The second-order valence-electron chi connectivity index (χ2n) is 4.87. The van der Waals surface area contributed by atoms with E-state index in [1.807, 2.05) is 0 Å². The minimum atomic E-state index is -0.237. The molecule has 3 heteroatoms. The summed E-state index contributed by atoms with van der Waals surface area (Å²) in [5, 5.41) is 3.29. The van der Waals surface area contributed by atoms with E-state index in [1.165, 1.54) is 23.3 Å². The lowest BCUT2D eigenvalue weighted by atomic mass is 10.0. The maximum absolute atomic E-state index is 13.0. The normalized spacial score (nSPS) is 10.8. The van der Waals surface area contributed by atoms with Gasteiger partial charge in [-0.2, -0.15) is 0 Å². The maximum atomic E-state index is 13.0. The van der Waals surface area contributed by atoms with E-state index >= 15 is 0 Å². The van der Waals surface area contributed by atoms with Gasteiger partial charge >= 0.3 is 0 Å². The van der Waals surface area contributed by atoms with Gasteiger partial charge in [0.2, 0.25) is 0 Å². The summed E-state index contributed by atoms with van der Waals surface area (Å²) in [6.07, 6.45) is 0. The third-order valence-electron chi connectivity index (χ3n) is 3.06. The van der Waals surface area contributed by atoms with Gasteiger partial charge in [-0.1, -0.05) is 38.1 Å². The molecule has 0 aromatic heterocycles. The molecule has 2 aromatic carbocycles. The van der Waals surface area contributed by atoms with E-state index < -0.39 is 0 Å². The van der Waals surface area contributed by atoms with Gasteiger partial charge in [0, 0.05) is 16.7 Å². The Morgan fingerprint density at radius 2 is 1.79 bits per heavy atom.